The number of amides is 2. The summed E-state index contributed by atoms with van der Waals surface area (Å²) in [5, 5.41) is 50.5. The molecule has 5 N–H and O–H groups in total. The van der Waals surface area contributed by atoms with E-state index in [1.807, 2.05) is 55.9 Å². The van der Waals surface area contributed by atoms with Gasteiger partial charge in [-0.25, -0.2) is 0 Å². The van der Waals surface area contributed by atoms with Gasteiger partial charge in [-0.2, -0.15) is 10.4 Å². The molecule has 0 spiro atoms. The maximum Gasteiger partial charge on any atom is 0.243 e. The van der Waals surface area contributed by atoms with E-state index in [9.17, 15) is 19.8 Å². The molecule has 0 unspecified atom stereocenters. The Bertz CT molecular complexity index is 2930. The molecule has 18 heteroatoms. The number of likely N-dealkylation sites (tertiary alicyclic amines) is 3. The van der Waals surface area contributed by atoms with Gasteiger partial charge in [0.1, 0.15) is 17.7 Å². The predicted octanol–water partition coefficient (Wildman–Crippen LogP) is 6.67. The number of hydrogen-bond acceptors (Lipinski definition) is 15. The first-order valence-electron chi connectivity index (χ1n) is 27.9. The zero-order valence-electron chi connectivity index (χ0n) is 44.9. The normalized spacial score (nSPS) is 23.2. The number of β-amino-alcohol motifs (C(OH)–C–C–N with tert-alkyl or cyclic N) is 1. The van der Waals surface area contributed by atoms with Crippen LogP contribution in [0.25, 0.3) is 11.3 Å². The fourth-order valence-corrected chi connectivity index (χ4v) is 12.3. The number of aliphatic hydroxyl groups is 1. The molecule has 0 radical (unpaired) electrons. The molecule has 10 rings (SSSR count). The molecule has 1 saturated carbocycles. The minimum Gasteiger partial charge on any atom is -0.507 e. The van der Waals surface area contributed by atoms with E-state index in [1.165, 1.54) is 4.90 Å². The van der Waals surface area contributed by atoms with Crippen LogP contribution in [0.5, 0.6) is 5.75 Å². The molecule has 3 aromatic heterocycles. The van der Waals surface area contributed by atoms with E-state index in [1.54, 1.807) is 42.6 Å². The molecule has 18 nitrogen and oxygen atoms in total. The Morgan fingerprint density at radius 2 is 1.62 bits per heavy atom. The third kappa shape index (κ3) is 12.5. The SMILES string of the molecule is CC(C)[C@@H](C(=O)N1C[C@H](O)C[C@H]1C(=O)N[C@@H](C)c1ccc(C#N)cc1)c1cc(N2CCC(CN3CCC(OC4CC(N5CCC([C@@H](C)n6cc(C#Cc7cc(-c8ccccc8O)nnc7N)cn6)CC5)C4)CC3)CC2)no1. The van der Waals surface area contributed by atoms with Gasteiger partial charge in [0, 0.05) is 69.6 Å². The van der Waals surface area contributed by atoms with Crippen molar-refractivity contribution in [3.8, 4) is 34.9 Å². The zero-order chi connectivity index (χ0) is 53.7. The van der Waals surface area contributed by atoms with Crippen molar-refractivity contribution in [3.63, 3.8) is 0 Å². The highest BCUT2D eigenvalue weighted by Gasteiger charge is 2.44. The van der Waals surface area contributed by atoms with Crippen molar-refractivity contribution >= 4 is 23.5 Å². The van der Waals surface area contributed by atoms with E-state index in [2.05, 4.69) is 60.2 Å². The molecular weight excluding hydrogens is 973 g/mol. The van der Waals surface area contributed by atoms with Gasteiger partial charge in [0.25, 0.3) is 0 Å². The monoisotopic (exact) mass is 1050 g/mol. The number of anilines is 2. The Morgan fingerprint density at radius 1 is 0.883 bits per heavy atom. The first-order valence-corrected chi connectivity index (χ1v) is 27.9. The molecule has 4 saturated heterocycles. The van der Waals surface area contributed by atoms with Crippen molar-refractivity contribution in [3.05, 3.63) is 101 Å². The van der Waals surface area contributed by atoms with E-state index in [4.69, 9.17) is 25.4 Å². The Labute approximate surface area is 451 Å². The van der Waals surface area contributed by atoms with Gasteiger partial charge in [-0.1, -0.05) is 55.1 Å². The quantitative estimate of drug-likeness (QED) is 0.0804. The largest absolute Gasteiger partial charge is 0.507 e. The van der Waals surface area contributed by atoms with Crippen LogP contribution in [0.2, 0.25) is 0 Å². The minimum atomic E-state index is -0.819. The first kappa shape index (κ1) is 53.6. The Hall–Kier alpha value is -6.83. The molecule has 5 aromatic rings. The van der Waals surface area contributed by atoms with Crippen molar-refractivity contribution in [1.82, 2.24) is 45.2 Å². The van der Waals surface area contributed by atoms with Gasteiger partial charge in [0.05, 0.1) is 65.0 Å². The average molecular weight is 1050 g/mol. The van der Waals surface area contributed by atoms with Gasteiger partial charge in [-0.3, -0.25) is 14.3 Å². The second-order valence-electron chi connectivity index (χ2n) is 22.6. The van der Waals surface area contributed by atoms with Crippen LogP contribution < -0.4 is 16.0 Å². The van der Waals surface area contributed by atoms with Crippen molar-refractivity contribution in [2.75, 3.05) is 63.0 Å². The van der Waals surface area contributed by atoms with Gasteiger partial charge >= 0.3 is 0 Å². The lowest BCUT2D eigenvalue weighted by atomic mass is 9.83. The summed E-state index contributed by atoms with van der Waals surface area (Å²) < 4.78 is 14.7. The summed E-state index contributed by atoms with van der Waals surface area (Å²) in [5.74, 6) is 7.67. The van der Waals surface area contributed by atoms with E-state index in [0.29, 0.717) is 58.2 Å². The number of aliphatic hydroxyl groups excluding tert-OH is 1. The number of nitrogen functional groups attached to an aromatic ring is 1. The smallest absolute Gasteiger partial charge is 0.243 e. The second kappa shape index (κ2) is 23.8. The van der Waals surface area contributed by atoms with Crippen molar-refractivity contribution in [2.24, 2.45) is 17.8 Å². The van der Waals surface area contributed by atoms with Crippen LogP contribution in [0.3, 0.4) is 0 Å². The zero-order valence-corrected chi connectivity index (χ0v) is 44.9. The van der Waals surface area contributed by atoms with Crippen molar-refractivity contribution in [1.29, 1.82) is 5.26 Å². The number of phenols is 1. The topological polar surface area (TPSA) is 228 Å². The number of hydrogen-bond donors (Lipinski definition) is 4. The molecule has 77 heavy (non-hydrogen) atoms. The van der Waals surface area contributed by atoms with Gasteiger partial charge in [0.15, 0.2) is 17.4 Å². The van der Waals surface area contributed by atoms with Gasteiger partial charge in [0.2, 0.25) is 11.8 Å². The van der Waals surface area contributed by atoms with Crippen molar-refractivity contribution < 1.29 is 29.1 Å². The lowest BCUT2D eigenvalue weighted by molar-refractivity contribution is -0.141. The Morgan fingerprint density at radius 3 is 2.34 bits per heavy atom. The molecule has 5 fully saturated rings. The number of benzene rings is 2. The van der Waals surface area contributed by atoms with E-state index in [-0.39, 0.29) is 54.3 Å². The minimum absolute atomic E-state index is 0.0696. The number of para-hydroxylation sites is 1. The van der Waals surface area contributed by atoms with Gasteiger partial charge in [-0.05, 0) is 132 Å². The highest BCUT2D eigenvalue weighted by molar-refractivity contribution is 5.91. The van der Waals surface area contributed by atoms with Gasteiger partial charge in [-0.15, -0.1) is 10.2 Å². The molecule has 5 atom stereocenters. The first-order chi connectivity index (χ1) is 37.3. The fourth-order valence-electron chi connectivity index (χ4n) is 12.3. The number of aromatic nitrogens is 5. The summed E-state index contributed by atoms with van der Waals surface area (Å²) in [6.45, 7) is 15.3. The molecule has 2 aromatic carbocycles. The summed E-state index contributed by atoms with van der Waals surface area (Å²) in [6.07, 6.45) is 12.6. The summed E-state index contributed by atoms with van der Waals surface area (Å²) in [4.78, 5) is 36.9. The molecule has 406 valence electrons. The molecular formula is C59H74N12O6. The molecule has 7 heterocycles. The van der Waals surface area contributed by atoms with Gasteiger partial charge < -0.3 is 50.1 Å². The lowest BCUT2D eigenvalue weighted by Gasteiger charge is -2.47. The maximum atomic E-state index is 14.3. The number of carbonyl (C=O) groups is 2. The molecule has 1 aliphatic carbocycles. The van der Waals surface area contributed by atoms with E-state index < -0.39 is 18.1 Å². The van der Waals surface area contributed by atoms with Crippen LogP contribution >= 0.6 is 0 Å². The number of ether oxygens (including phenoxy) is 1. The van der Waals surface area contributed by atoms with Crippen LogP contribution in [0.15, 0.2) is 77.6 Å². The number of piperidine rings is 3. The van der Waals surface area contributed by atoms with Crippen molar-refractivity contribution in [2.45, 2.75) is 134 Å². The second-order valence-corrected chi connectivity index (χ2v) is 22.6. The predicted molar refractivity (Wildman–Crippen MR) is 291 cm³/mol. The Balaban J connectivity index is 0.618. The van der Waals surface area contributed by atoms with Crippen LogP contribution in [0.1, 0.15) is 131 Å². The number of nitriles is 1. The number of carbonyl (C=O) groups excluding carboxylic acids is 2. The van der Waals surface area contributed by atoms with E-state index >= 15 is 0 Å². The summed E-state index contributed by atoms with van der Waals surface area (Å²) in [6, 6.07) is 19.5. The number of nitrogens with one attached hydrogen (secondary N) is 1. The van der Waals surface area contributed by atoms with E-state index in [0.717, 1.165) is 114 Å². The summed E-state index contributed by atoms with van der Waals surface area (Å²) in [5.41, 5.74) is 9.93. The van der Waals surface area contributed by atoms with Crippen LogP contribution in [0, 0.1) is 40.9 Å². The third-order valence-corrected chi connectivity index (χ3v) is 17.1. The summed E-state index contributed by atoms with van der Waals surface area (Å²) >= 11 is 0. The summed E-state index contributed by atoms with van der Waals surface area (Å²) in [7, 11) is 0. The number of nitrogens with two attached hydrogens (primary N) is 1. The number of phenolic OH excluding ortho intramolecular Hbond substituents is 1. The fraction of sp³-hybridized carbons (Fsp3) is 0.542. The standard InChI is InChI=1S/C59H74N12O6/c1-37(2)56(59(75)70-36-47(72)30-52(70)58(74)63-38(3)43-12-9-40(32-60)10-13-43)54-31-55(66-77-54)69-23-15-41(16-24-69)34-67-21-19-48(20-22-67)76-49-28-46(29-49)68-25-17-44(18-26-68)39(4)71-35-42(33-62-71)11-14-45-27-51(64-65-57(45)61)50-7-5-6-8-53(50)73/h5-10,12-13,27,31,33,35,37-39,41,44,46-49,52,56,72-73H,15-26,28-30,34,36H2,1-4H3,(H2,61,65)(H,63,74)/t38-,39+,46?,47+,49?,52-,56+/m0/s1. The molecule has 0 bridgehead atoms. The number of aromatic hydroxyl groups is 1. The average Bonchev–Trinajstić information content (AvgIpc) is 4.22. The highest BCUT2D eigenvalue weighted by atomic mass is 16.5. The van der Waals surface area contributed by atoms with Crippen LogP contribution in [0.4, 0.5) is 11.6 Å². The number of nitrogens with zero attached hydrogens (tertiary/aromatic N) is 10. The number of rotatable bonds is 15. The molecule has 4 aliphatic heterocycles. The maximum absolute atomic E-state index is 14.3. The highest BCUT2D eigenvalue weighted by Crippen LogP contribution is 2.38. The Kier molecular flexibility index (Phi) is 16.6. The van der Waals surface area contributed by atoms with Crippen LogP contribution in [-0.4, -0.2) is 145 Å². The van der Waals surface area contributed by atoms with Crippen LogP contribution in [-0.2, 0) is 14.3 Å². The lowest BCUT2D eigenvalue weighted by Crippen LogP contribution is -2.52. The molecule has 5 aliphatic rings. The third-order valence-electron chi connectivity index (χ3n) is 17.1. The molecule has 2 amide bonds.